The summed E-state index contributed by atoms with van der Waals surface area (Å²) in [6.45, 7) is 1.84. The van der Waals surface area contributed by atoms with E-state index in [2.05, 4.69) is 20.6 Å². The van der Waals surface area contributed by atoms with Crippen LogP contribution in [0.15, 0.2) is 72.6 Å². The van der Waals surface area contributed by atoms with Gasteiger partial charge >= 0.3 is 0 Å². The number of hydrogen-bond acceptors (Lipinski definition) is 6. The number of pyridine rings is 1. The fraction of sp³-hybridized carbons (Fsp3) is 0.148. The summed E-state index contributed by atoms with van der Waals surface area (Å²) in [5.41, 5.74) is 3.88. The summed E-state index contributed by atoms with van der Waals surface area (Å²) in [4.78, 5) is 20.4. The van der Waals surface area contributed by atoms with E-state index in [4.69, 9.17) is 9.47 Å². The maximum absolute atomic E-state index is 12.9. The van der Waals surface area contributed by atoms with Gasteiger partial charge in [-0.1, -0.05) is 24.3 Å². The Kier molecular flexibility index (Phi) is 6.98. The molecule has 2 aromatic heterocycles. The number of H-pyrrole nitrogens is 1. The number of aromatic nitrogens is 2. The second-order valence-electron chi connectivity index (χ2n) is 7.83. The lowest BCUT2D eigenvalue weighted by Crippen LogP contribution is -2.27. The zero-order valence-corrected chi connectivity index (χ0v) is 19.6. The third kappa shape index (κ3) is 5.25. The molecule has 2 aromatic carbocycles. The Morgan fingerprint density at radius 3 is 2.57 bits per heavy atom. The largest absolute Gasteiger partial charge is 0.493 e. The Hall–Kier alpha value is -4.77. The molecule has 0 aliphatic rings. The molecule has 176 valence electrons. The first-order valence-electron chi connectivity index (χ1n) is 11.0. The van der Waals surface area contributed by atoms with Gasteiger partial charge in [0, 0.05) is 22.8 Å². The van der Waals surface area contributed by atoms with Gasteiger partial charge in [-0.3, -0.25) is 4.79 Å². The molecule has 0 unspecified atom stereocenters. The van der Waals surface area contributed by atoms with Crippen LogP contribution in [0, 0.1) is 11.3 Å². The van der Waals surface area contributed by atoms with Crippen LogP contribution in [-0.2, 0) is 4.79 Å². The molecule has 1 atom stereocenters. The van der Waals surface area contributed by atoms with Gasteiger partial charge in [0.05, 0.1) is 32.1 Å². The van der Waals surface area contributed by atoms with Crippen molar-refractivity contribution in [3.8, 4) is 17.6 Å². The highest BCUT2D eigenvalue weighted by molar-refractivity contribution is 6.04. The van der Waals surface area contributed by atoms with Crippen molar-refractivity contribution in [1.82, 2.24) is 15.3 Å². The molecule has 0 saturated carbocycles. The number of aromatic amines is 1. The van der Waals surface area contributed by atoms with Crippen LogP contribution < -0.4 is 20.1 Å². The Morgan fingerprint density at radius 2 is 1.86 bits per heavy atom. The first-order chi connectivity index (χ1) is 17.0. The van der Waals surface area contributed by atoms with Crippen molar-refractivity contribution in [2.24, 2.45) is 0 Å². The third-order valence-electron chi connectivity index (χ3n) is 5.55. The minimum atomic E-state index is -0.476. The Labute approximate surface area is 203 Å². The number of ether oxygens (including phenoxy) is 2. The van der Waals surface area contributed by atoms with Gasteiger partial charge in [0.15, 0.2) is 11.5 Å². The fourth-order valence-electron chi connectivity index (χ4n) is 3.68. The summed E-state index contributed by atoms with van der Waals surface area (Å²) < 4.78 is 10.6. The van der Waals surface area contributed by atoms with Gasteiger partial charge in [0.1, 0.15) is 17.3 Å². The van der Waals surface area contributed by atoms with Crippen molar-refractivity contribution in [2.75, 3.05) is 19.5 Å². The number of rotatable bonds is 8. The number of methoxy groups -OCH3 is 2. The van der Waals surface area contributed by atoms with Gasteiger partial charge in [-0.2, -0.15) is 5.26 Å². The molecule has 0 radical (unpaired) electrons. The summed E-state index contributed by atoms with van der Waals surface area (Å²) in [5, 5.41) is 16.7. The van der Waals surface area contributed by atoms with E-state index in [1.807, 2.05) is 55.5 Å². The molecule has 1 amide bonds. The van der Waals surface area contributed by atoms with Crippen LogP contribution in [0.3, 0.4) is 0 Å². The van der Waals surface area contributed by atoms with Crippen LogP contribution in [0.5, 0.6) is 11.5 Å². The first-order valence-corrected chi connectivity index (χ1v) is 11.0. The number of nitrogens with zero attached hydrogens (tertiary/aromatic N) is 2. The van der Waals surface area contributed by atoms with Crippen molar-refractivity contribution in [1.29, 1.82) is 5.26 Å². The summed E-state index contributed by atoms with van der Waals surface area (Å²) in [6.07, 6.45) is 5.01. The number of benzene rings is 2. The number of fused-ring (bicyclic) bond motifs is 1. The average Bonchev–Trinajstić information content (AvgIpc) is 3.29. The van der Waals surface area contributed by atoms with Crippen LogP contribution in [0.4, 0.5) is 11.4 Å². The SMILES string of the molecule is COc1ccc([C@@H](C)NC(=O)/C(C#N)=C/c2c[nH]c3ncc(Nc4ccccc4)cc23)cc1OC. The van der Waals surface area contributed by atoms with Crippen molar-refractivity contribution < 1.29 is 14.3 Å². The minimum Gasteiger partial charge on any atom is -0.493 e. The zero-order chi connectivity index (χ0) is 24.8. The van der Waals surface area contributed by atoms with Crippen LogP contribution in [0.1, 0.15) is 24.1 Å². The van der Waals surface area contributed by atoms with Crippen LogP contribution >= 0.6 is 0 Å². The molecule has 35 heavy (non-hydrogen) atoms. The molecule has 8 nitrogen and oxygen atoms in total. The van der Waals surface area contributed by atoms with Crippen LogP contribution in [-0.4, -0.2) is 30.1 Å². The molecule has 4 aromatic rings. The second-order valence-corrected chi connectivity index (χ2v) is 7.83. The number of carbonyl (C=O) groups is 1. The molecule has 0 aliphatic carbocycles. The molecule has 0 saturated heterocycles. The maximum Gasteiger partial charge on any atom is 0.262 e. The Bertz CT molecular complexity index is 1420. The van der Waals surface area contributed by atoms with Gasteiger partial charge in [0.25, 0.3) is 5.91 Å². The standard InChI is InChI=1S/C27H25N5O3/c1-17(18-9-10-24(34-2)25(12-18)35-3)31-27(33)19(14-28)11-20-15-29-26-23(20)13-22(16-30-26)32-21-7-5-4-6-8-21/h4-13,15-17,32H,1-3H3,(H,29,30)(H,31,33)/b19-11+/t17-/m1/s1. The summed E-state index contributed by atoms with van der Waals surface area (Å²) >= 11 is 0. The van der Waals surface area contributed by atoms with Crippen molar-refractivity contribution >= 4 is 34.4 Å². The number of nitrogens with one attached hydrogen (secondary N) is 3. The van der Waals surface area contributed by atoms with Gasteiger partial charge in [-0.15, -0.1) is 0 Å². The molecule has 4 rings (SSSR count). The predicted octanol–water partition coefficient (Wildman–Crippen LogP) is 5.11. The second kappa shape index (κ2) is 10.4. The van der Waals surface area contributed by atoms with Crippen LogP contribution in [0.25, 0.3) is 17.1 Å². The Morgan fingerprint density at radius 1 is 1.09 bits per heavy atom. The molecular formula is C27H25N5O3. The maximum atomic E-state index is 12.9. The summed E-state index contributed by atoms with van der Waals surface area (Å²) in [6, 6.07) is 18.7. The van der Waals surface area contributed by atoms with Crippen molar-refractivity contribution in [3.05, 3.63) is 83.7 Å². The summed E-state index contributed by atoms with van der Waals surface area (Å²) in [5.74, 6) is 0.686. The van der Waals surface area contributed by atoms with Crippen LogP contribution in [0.2, 0.25) is 0 Å². The number of anilines is 2. The average molecular weight is 468 g/mol. The number of nitriles is 1. The molecule has 3 N–H and O–H groups in total. The lowest BCUT2D eigenvalue weighted by molar-refractivity contribution is -0.117. The van der Waals surface area contributed by atoms with E-state index in [9.17, 15) is 10.1 Å². The lowest BCUT2D eigenvalue weighted by Gasteiger charge is -2.16. The molecular weight excluding hydrogens is 442 g/mol. The highest BCUT2D eigenvalue weighted by Gasteiger charge is 2.17. The van der Waals surface area contributed by atoms with E-state index in [1.165, 1.54) is 0 Å². The van der Waals surface area contributed by atoms with E-state index < -0.39 is 5.91 Å². The predicted molar refractivity (Wildman–Crippen MR) is 136 cm³/mol. The van der Waals surface area contributed by atoms with E-state index >= 15 is 0 Å². The highest BCUT2D eigenvalue weighted by atomic mass is 16.5. The number of carbonyl (C=O) groups excluding carboxylic acids is 1. The topological polar surface area (TPSA) is 112 Å². The minimum absolute atomic E-state index is 0.0142. The number of amides is 1. The van der Waals surface area contributed by atoms with E-state index in [-0.39, 0.29) is 11.6 Å². The number of para-hydroxylation sites is 1. The highest BCUT2D eigenvalue weighted by Crippen LogP contribution is 2.30. The van der Waals surface area contributed by atoms with Gasteiger partial charge in [-0.05, 0) is 48.9 Å². The molecule has 0 spiro atoms. The van der Waals surface area contributed by atoms with Crippen molar-refractivity contribution in [3.63, 3.8) is 0 Å². The molecule has 8 heteroatoms. The molecule has 0 fully saturated rings. The van der Waals surface area contributed by atoms with Gasteiger partial charge in [0.2, 0.25) is 0 Å². The van der Waals surface area contributed by atoms with E-state index in [0.29, 0.717) is 22.7 Å². The Balaban J connectivity index is 1.56. The normalized spacial score (nSPS) is 12.0. The monoisotopic (exact) mass is 467 g/mol. The van der Waals surface area contributed by atoms with Gasteiger partial charge in [-0.25, -0.2) is 4.98 Å². The molecule has 0 bridgehead atoms. The zero-order valence-electron chi connectivity index (χ0n) is 19.6. The van der Waals surface area contributed by atoms with E-state index in [0.717, 1.165) is 22.3 Å². The quantitative estimate of drug-likeness (QED) is 0.245. The molecule has 2 heterocycles. The van der Waals surface area contributed by atoms with Gasteiger partial charge < -0.3 is 25.1 Å². The smallest absolute Gasteiger partial charge is 0.262 e. The lowest BCUT2D eigenvalue weighted by atomic mass is 10.1. The van der Waals surface area contributed by atoms with Crippen molar-refractivity contribution in [2.45, 2.75) is 13.0 Å². The summed E-state index contributed by atoms with van der Waals surface area (Å²) in [7, 11) is 3.12. The number of hydrogen-bond donors (Lipinski definition) is 3. The third-order valence-corrected chi connectivity index (χ3v) is 5.55. The first kappa shape index (κ1) is 23.4. The fourth-order valence-corrected chi connectivity index (χ4v) is 3.68. The van der Waals surface area contributed by atoms with E-state index in [1.54, 1.807) is 44.8 Å². The molecule has 0 aliphatic heterocycles.